The third kappa shape index (κ3) is 2.20. The van der Waals surface area contributed by atoms with Crippen molar-refractivity contribution >= 4 is 27.5 Å². The van der Waals surface area contributed by atoms with E-state index in [2.05, 4.69) is 4.98 Å². The fourth-order valence-corrected chi connectivity index (χ4v) is 2.39. The van der Waals surface area contributed by atoms with Crippen LogP contribution in [-0.4, -0.2) is 29.8 Å². The van der Waals surface area contributed by atoms with Gasteiger partial charge in [-0.05, 0) is 18.2 Å². The maximum atomic E-state index is 10.8. The minimum atomic E-state index is -0.909. The van der Waals surface area contributed by atoms with Gasteiger partial charge in [0.25, 0.3) is 0 Å². The molecule has 1 heterocycles. The van der Waals surface area contributed by atoms with E-state index >= 15 is 0 Å². The van der Waals surface area contributed by atoms with Crippen molar-refractivity contribution in [2.75, 3.05) is 13.7 Å². The van der Waals surface area contributed by atoms with Gasteiger partial charge >= 0.3 is 5.97 Å². The van der Waals surface area contributed by atoms with E-state index in [4.69, 9.17) is 9.84 Å². The molecule has 0 aliphatic rings. The summed E-state index contributed by atoms with van der Waals surface area (Å²) in [6.07, 6.45) is 0.762. The fourth-order valence-electron chi connectivity index (χ4n) is 1.40. The molecule has 0 atom stereocenters. The predicted octanol–water partition coefficient (Wildman–Crippen LogP) is 2.18. The molecule has 1 N–H and O–H groups in total. The molecular weight excluding hydrogens is 226 g/mol. The first kappa shape index (κ1) is 11.0. The van der Waals surface area contributed by atoms with Crippen molar-refractivity contribution in [3.8, 4) is 0 Å². The first-order chi connectivity index (χ1) is 7.70. The van der Waals surface area contributed by atoms with Gasteiger partial charge in [-0.15, -0.1) is 11.3 Å². The predicted molar refractivity (Wildman–Crippen MR) is 62.2 cm³/mol. The molecule has 5 heteroatoms. The van der Waals surface area contributed by atoms with Crippen molar-refractivity contribution in [1.82, 2.24) is 4.98 Å². The van der Waals surface area contributed by atoms with E-state index in [0.29, 0.717) is 12.2 Å². The molecule has 0 bridgehead atoms. The highest BCUT2D eigenvalue weighted by Crippen LogP contribution is 2.23. The average molecular weight is 237 g/mol. The lowest BCUT2D eigenvalue weighted by atomic mass is 10.2. The quantitative estimate of drug-likeness (QED) is 0.885. The number of carboxylic acids is 1. The number of hydrogen-bond acceptors (Lipinski definition) is 4. The van der Waals surface area contributed by atoms with E-state index in [1.165, 1.54) is 11.3 Å². The first-order valence-electron chi connectivity index (χ1n) is 4.82. The standard InChI is InChI=1S/C11H11NO3S/c1-15-5-4-10-12-8-3-2-7(11(13)14)6-9(8)16-10/h2-3,6H,4-5H2,1H3,(H,13,14). The zero-order valence-electron chi connectivity index (χ0n) is 8.77. The molecule has 0 saturated heterocycles. The summed E-state index contributed by atoms with van der Waals surface area (Å²) >= 11 is 1.51. The van der Waals surface area contributed by atoms with Gasteiger partial charge in [-0.25, -0.2) is 9.78 Å². The summed E-state index contributed by atoms with van der Waals surface area (Å²) in [5, 5.41) is 9.83. The highest BCUT2D eigenvalue weighted by atomic mass is 32.1. The Bertz CT molecular complexity index is 521. The van der Waals surface area contributed by atoms with Gasteiger partial charge in [0.15, 0.2) is 0 Å². The molecular formula is C11H11NO3S. The largest absolute Gasteiger partial charge is 0.478 e. The zero-order chi connectivity index (χ0) is 11.5. The fraction of sp³-hybridized carbons (Fsp3) is 0.273. The van der Waals surface area contributed by atoms with Crippen LogP contribution in [0.15, 0.2) is 18.2 Å². The van der Waals surface area contributed by atoms with Crippen molar-refractivity contribution in [3.05, 3.63) is 28.8 Å². The Balaban J connectivity index is 2.34. The van der Waals surface area contributed by atoms with Gasteiger partial charge in [0.1, 0.15) is 0 Å². The minimum absolute atomic E-state index is 0.300. The van der Waals surface area contributed by atoms with Gasteiger partial charge in [0.05, 0.1) is 27.4 Å². The smallest absolute Gasteiger partial charge is 0.335 e. The maximum Gasteiger partial charge on any atom is 0.335 e. The van der Waals surface area contributed by atoms with E-state index in [-0.39, 0.29) is 0 Å². The second-order valence-corrected chi connectivity index (χ2v) is 4.45. The molecule has 0 aliphatic heterocycles. The van der Waals surface area contributed by atoms with Crippen LogP contribution < -0.4 is 0 Å². The molecule has 2 rings (SSSR count). The van der Waals surface area contributed by atoms with Crippen LogP contribution in [0.4, 0.5) is 0 Å². The lowest BCUT2D eigenvalue weighted by molar-refractivity contribution is 0.0697. The van der Waals surface area contributed by atoms with Crippen LogP contribution in [0.25, 0.3) is 10.2 Å². The Hall–Kier alpha value is -1.46. The van der Waals surface area contributed by atoms with Gasteiger partial charge in [-0.3, -0.25) is 0 Å². The maximum absolute atomic E-state index is 10.8. The van der Waals surface area contributed by atoms with Gasteiger partial charge in [0, 0.05) is 13.5 Å². The van der Waals surface area contributed by atoms with Crippen molar-refractivity contribution in [2.24, 2.45) is 0 Å². The summed E-state index contributed by atoms with van der Waals surface area (Å²) in [7, 11) is 1.65. The Kier molecular flexibility index (Phi) is 3.17. The van der Waals surface area contributed by atoms with Gasteiger partial charge in [-0.2, -0.15) is 0 Å². The zero-order valence-corrected chi connectivity index (χ0v) is 9.58. The number of thiazole rings is 1. The van der Waals surface area contributed by atoms with E-state index in [1.54, 1.807) is 25.3 Å². The number of aromatic carboxylic acids is 1. The summed E-state index contributed by atoms with van der Waals surface area (Å²) < 4.78 is 5.88. The molecule has 16 heavy (non-hydrogen) atoms. The van der Waals surface area contributed by atoms with E-state index < -0.39 is 5.97 Å². The molecule has 0 aliphatic carbocycles. The Morgan fingerprint density at radius 1 is 1.56 bits per heavy atom. The molecule has 1 aromatic heterocycles. The first-order valence-corrected chi connectivity index (χ1v) is 5.64. The average Bonchev–Trinajstić information content (AvgIpc) is 2.67. The van der Waals surface area contributed by atoms with Crippen LogP contribution in [0, 0.1) is 0 Å². The highest BCUT2D eigenvalue weighted by Gasteiger charge is 2.07. The third-order valence-corrected chi connectivity index (χ3v) is 3.28. The van der Waals surface area contributed by atoms with Gasteiger partial charge in [-0.1, -0.05) is 0 Å². The summed E-state index contributed by atoms with van der Waals surface area (Å²) in [6, 6.07) is 4.97. The van der Waals surface area contributed by atoms with Crippen molar-refractivity contribution in [1.29, 1.82) is 0 Å². The number of carboxylic acid groups (broad SMARTS) is 1. The normalized spacial score (nSPS) is 10.8. The number of fused-ring (bicyclic) bond motifs is 1. The van der Waals surface area contributed by atoms with Crippen LogP contribution in [0.2, 0.25) is 0 Å². The Morgan fingerprint density at radius 3 is 3.06 bits per heavy atom. The molecule has 1 aromatic carbocycles. The molecule has 0 spiro atoms. The molecule has 0 fully saturated rings. The van der Waals surface area contributed by atoms with Crippen LogP contribution in [0.1, 0.15) is 15.4 Å². The third-order valence-electron chi connectivity index (χ3n) is 2.20. The van der Waals surface area contributed by atoms with Crippen molar-refractivity contribution in [2.45, 2.75) is 6.42 Å². The van der Waals surface area contributed by atoms with Crippen molar-refractivity contribution in [3.63, 3.8) is 0 Å². The summed E-state index contributed by atoms with van der Waals surface area (Å²) in [4.78, 5) is 15.2. The number of nitrogens with zero attached hydrogens (tertiary/aromatic N) is 1. The Labute approximate surface area is 96.5 Å². The molecule has 0 amide bonds. The van der Waals surface area contributed by atoms with E-state index in [9.17, 15) is 4.79 Å². The molecule has 2 aromatic rings. The van der Waals surface area contributed by atoms with Crippen LogP contribution in [0.5, 0.6) is 0 Å². The topological polar surface area (TPSA) is 59.4 Å². The number of rotatable bonds is 4. The minimum Gasteiger partial charge on any atom is -0.478 e. The second-order valence-electron chi connectivity index (χ2n) is 3.34. The lowest BCUT2D eigenvalue weighted by Gasteiger charge is -1.91. The number of methoxy groups -OCH3 is 1. The highest BCUT2D eigenvalue weighted by molar-refractivity contribution is 7.18. The van der Waals surface area contributed by atoms with Crippen molar-refractivity contribution < 1.29 is 14.6 Å². The number of aromatic nitrogens is 1. The summed E-state index contributed by atoms with van der Waals surface area (Å²) in [5.74, 6) is -0.909. The SMILES string of the molecule is COCCc1nc2ccc(C(=O)O)cc2s1. The number of ether oxygens (including phenoxy) is 1. The van der Waals surface area contributed by atoms with E-state index in [1.807, 2.05) is 0 Å². The monoisotopic (exact) mass is 237 g/mol. The number of benzene rings is 1. The van der Waals surface area contributed by atoms with Crippen LogP contribution >= 0.6 is 11.3 Å². The van der Waals surface area contributed by atoms with Gasteiger partial charge < -0.3 is 9.84 Å². The molecule has 0 unspecified atom stereocenters. The summed E-state index contributed by atoms with van der Waals surface area (Å²) in [6.45, 7) is 0.631. The lowest BCUT2D eigenvalue weighted by Crippen LogP contribution is -1.94. The Morgan fingerprint density at radius 2 is 2.38 bits per heavy atom. The molecule has 0 saturated carbocycles. The molecule has 0 radical (unpaired) electrons. The molecule has 4 nitrogen and oxygen atoms in total. The molecule has 84 valence electrons. The van der Waals surface area contributed by atoms with E-state index in [0.717, 1.165) is 21.6 Å². The number of carbonyl (C=O) groups is 1. The van der Waals surface area contributed by atoms with Crippen LogP contribution in [-0.2, 0) is 11.2 Å². The van der Waals surface area contributed by atoms with Crippen LogP contribution in [0.3, 0.4) is 0 Å². The van der Waals surface area contributed by atoms with Gasteiger partial charge in [0.2, 0.25) is 0 Å². The number of hydrogen-bond donors (Lipinski definition) is 1. The summed E-state index contributed by atoms with van der Waals surface area (Å²) in [5.41, 5.74) is 1.15. The second kappa shape index (κ2) is 4.59.